The van der Waals surface area contributed by atoms with Crippen molar-refractivity contribution < 1.29 is 4.74 Å². The van der Waals surface area contributed by atoms with Crippen LogP contribution in [0.15, 0.2) is 24.3 Å². The van der Waals surface area contributed by atoms with E-state index in [0.29, 0.717) is 6.61 Å². The molecule has 1 aromatic rings. The molecule has 70 valence electrons. The van der Waals surface area contributed by atoms with Crippen LogP contribution in [0.1, 0.15) is 18.4 Å². The summed E-state index contributed by atoms with van der Waals surface area (Å²) in [5.41, 5.74) is 7.11. The van der Waals surface area contributed by atoms with Crippen molar-refractivity contribution in [2.24, 2.45) is 5.73 Å². The van der Waals surface area contributed by atoms with Crippen LogP contribution >= 0.6 is 0 Å². The second kappa shape index (κ2) is 3.04. The smallest absolute Gasteiger partial charge is 0.119 e. The zero-order chi connectivity index (χ0) is 9.31. The Kier molecular flexibility index (Phi) is 2.00. The zero-order valence-electron chi connectivity index (χ0n) is 7.92. The molecule has 13 heavy (non-hydrogen) atoms. The molecule has 1 saturated carbocycles. The Labute approximate surface area is 78.7 Å². The maximum absolute atomic E-state index is 5.91. The van der Waals surface area contributed by atoms with E-state index in [4.69, 9.17) is 10.5 Å². The molecule has 1 aliphatic carbocycles. The van der Waals surface area contributed by atoms with Gasteiger partial charge >= 0.3 is 0 Å². The Morgan fingerprint density at radius 2 is 2.23 bits per heavy atom. The third kappa shape index (κ3) is 2.22. The first kappa shape index (κ1) is 8.57. The lowest BCUT2D eigenvalue weighted by Crippen LogP contribution is -2.29. The summed E-state index contributed by atoms with van der Waals surface area (Å²) in [7, 11) is 0. The lowest BCUT2D eigenvalue weighted by atomic mass is 10.2. The van der Waals surface area contributed by atoms with Gasteiger partial charge < -0.3 is 10.5 Å². The molecule has 1 aliphatic rings. The molecule has 2 nitrogen and oxygen atoms in total. The topological polar surface area (TPSA) is 35.2 Å². The highest BCUT2D eigenvalue weighted by molar-refractivity contribution is 5.27. The molecule has 0 bridgehead atoms. The Balaban J connectivity index is 1.94. The summed E-state index contributed by atoms with van der Waals surface area (Å²) in [4.78, 5) is 0. The molecule has 0 atom stereocenters. The minimum Gasteiger partial charge on any atom is -0.492 e. The molecule has 2 N–H and O–H groups in total. The van der Waals surface area contributed by atoms with Crippen LogP contribution in [0.25, 0.3) is 0 Å². The van der Waals surface area contributed by atoms with Crippen molar-refractivity contribution in [1.29, 1.82) is 0 Å². The Bertz CT molecular complexity index is 305. The van der Waals surface area contributed by atoms with Gasteiger partial charge in [0.25, 0.3) is 0 Å². The lowest BCUT2D eigenvalue weighted by Gasteiger charge is -2.11. The molecule has 0 aliphatic heterocycles. The van der Waals surface area contributed by atoms with Gasteiger partial charge in [0.15, 0.2) is 0 Å². The van der Waals surface area contributed by atoms with Gasteiger partial charge in [0.1, 0.15) is 12.4 Å². The van der Waals surface area contributed by atoms with Crippen molar-refractivity contribution in [3.05, 3.63) is 29.8 Å². The molecule has 1 aromatic carbocycles. The lowest BCUT2D eigenvalue weighted by molar-refractivity contribution is 0.279. The normalized spacial score (nSPS) is 18.3. The van der Waals surface area contributed by atoms with Gasteiger partial charge in [-0.1, -0.05) is 12.1 Å². The highest BCUT2D eigenvalue weighted by atomic mass is 16.5. The highest BCUT2D eigenvalue weighted by Gasteiger charge is 2.39. The Morgan fingerprint density at radius 3 is 2.85 bits per heavy atom. The van der Waals surface area contributed by atoms with Gasteiger partial charge in [-0.15, -0.1) is 0 Å². The summed E-state index contributed by atoms with van der Waals surface area (Å²) in [6.07, 6.45) is 2.19. The van der Waals surface area contributed by atoms with E-state index >= 15 is 0 Å². The van der Waals surface area contributed by atoms with Crippen LogP contribution in [0.4, 0.5) is 0 Å². The van der Waals surface area contributed by atoms with Gasteiger partial charge in [0, 0.05) is 0 Å². The van der Waals surface area contributed by atoms with Crippen molar-refractivity contribution in [2.75, 3.05) is 6.61 Å². The van der Waals surface area contributed by atoms with Crippen LogP contribution in [-0.2, 0) is 0 Å². The highest BCUT2D eigenvalue weighted by Crippen LogP contribution is 2.32. The van der Waals surface area contributed by atoms with E-state index in [1.165, 1.54) is 5.56 Å². The molecule has 0 amide bonds. The summed E-state index contributed by atoms with van der Waals surface area (Å²) in [6, 6.07) is 8.06. The summed E-state index contributed by atoms with van der Waals surface area (Å²) < 4.78 is 5.59. The van der Waals surface area contributed by atoms with E-state index in [0.717, 1.165) is 18.6 Å². The average molecular weight is 177 g/mol. The second-order valence-electron chi connectivity index (χ2n) is 3.97. The first-order valence-electron chi connectivity index (χ1n) is 4.66. The largest absolute Gasteiger partial charge is 0.492 e. The SMILES string of the molecule is Cc1cccc(OCC2(N)CC2)c1. The number of nitrogens with two attached hydrogens (primary N) is 1. The number of rotatable bonds is 3. The first-order valence-corrected chi connectivity index (χ1v) is 4.66. The minimum atomic E-state index is -0.0241. The first-order chi connectivity index (χ1) is 6.18. The van der Waals surface area contributed by atoms with Crippen molar-refractivity contribution in [1.82, 2.24) is 0 Å². The van der Waals surface area contributed by atoms with Crippen molar-refractivity contribution in [3.8, 4) is 5.75 Å². The Morgan fingerprint density at radius 1 is 1.46 bits per heavy atom. The molecule has 1 fully saturated rings. The Hall–Kier alpha value is -1.02. The molecule has 2 heteroatoms. The maximum atomic E-state index is 5.91. The fourth-order valence-electron chi connectivity index (χ4n) is 1.24. The van der Waals surface area contributed by atoms with E-state index in [-0.39, 0.29) is 5.54 Å². The number of hydrogen-bond acceptors (Lipinski definition) is 2. The van der Waals surface area contributed by atoms with Gasteiger partial charge in [0.2, 0.25) is 0 Å². The molecular formula is C11H15NO. The predicted octanol–water partition coefficient (Wildman–Crippen LogP) is 1.87. The van der Waals surface area contributed by atoms with Crippen LogP contribution in [0, 0.1) is 6.92 Å². The average Bonchev–Trinajstić information content (AvgIpc) is 2.82. The summed E-state index contributed by atoms with van der Waals surface area (Å²) in [5, 5.41) is 0. The summed E-state index contributed by atoms with van der Waals surface area (Å²) in [6.45, 7) is 2.71. The molecule has 0 unspecified atom stereocenters. The maximum Gasteiger partial charge on any atom is 0.119 e. The summed E-state index contributed by atoms with van der Waals surface area (Å²) >= 11 is 0. The standard InChI is InChI=1S/C11H15NO/c1-9-3-2-4-10(7-9)13-8-11(12)5-6-11/h2-4,7H,5-6,8,12H2,1H3. The van der Waals surface area contributed by atoms with E-state index in [9.17, 15) is 0 Å². The van der Waals surface area contributed by atoms with Crippen molar-refractivity contribution >= 4 is 0 Å². The molecule has 2 rings (SSSR count). The van der Waals surface area contributed by atoms with Gasteiger partial charge in [-0.2, -0.15) is 0 Å². The molecule has 0 aromatic heterocycles. The van der Waals surface area contributed by atoms with Crippen LogP contribution < -0.4 is 10.5 Å². The molecule has 0 spiro atoms. The van der Waals surface area contributed by atoms with Gasteiger partial charge in [-0.25, -0.2) is 0 Å². The second-order valence-corrected chi connectivity index (χ2v) is 3.97. The van der Waals surface area contributed by atoms with Gasteiger partial charge in [0.05, 0.1) is 5.54 Å². The predicted molar refractivity (Wildman–Crippen MR) is 52.8 cm³/mol. The van der Waals surface area contributed by atoms with E-state index < -0.39 is 0 Å². The molecule has 0 radical (unpaired) electrons. The van der Waals surface area contributed by atoms with E-state index in [1.807, 2.05) is 18.2 Å². The minimum absolute atomic E-state index is 0.0241. The monoisotopic (exact) mass is 177 g/mol. The van der Waals surface area contributed by atoms with Crippen molar-refractivity contribution in [2.45, 2.75) is 25.3 Å². The van der Waals surface area contributed by atoms with Gasteiger partial charge in [-0.05, 0) is 37.5 Å². The molecule has 0 saturated heterocycles. The number of hydrogen-bond donors (Lipinski definition) is 1. The number of benzene rings is 1. The van der Waals surface area contributed by atoms with Crippen LogP contribution in [0.5, 0.6) is 5.75 Å². The molecule has 0 heterocycles. The quantitative estimate of drug-likeness (QED) is 0.765. The zero-order valence-corrected chi connectivity index (χ0v) is 7.92. The van der Waals surface area contributed by atoms with Gasteiger partial charge in [-0.3, -0.25) is 0 Å². The third-order valence-corrected chi connectivity index (χ3v) is 2.41. The molecular weight excluding hydrogens is 162 g/mol. The van der Waals surface area contributed by atoms with Crippen molar-refractivity contribution in [3.63, 3.8) is 0 Å². The van der Waals surface area contributed by atoms with E-state index in [1.54, 1.807) is 0 Å². The number of aryl methyl sites for hydroxylation is 1. The van der Waals surface area contributed by atoms with Crippen LogP contribution in [-0.4, -0.2) is 12.1 Å². The van der Waals surface area contributed by atoms with Crippen LogP contribution in [0.2, 0.25) is 0 Å². The third-order valence-electron chi connectivity index (χ3n) is 2.41. The summed E-state index contributed by atoms with van der Waals surface area (Å²) in [5.74, 6) is 0.928. The fourth-order valence-corrected chi connectivity index (χ4v) is 1.24. The fraction of sp³-hybridized carbons (Fsp3) is 0.455. The van der Waals surface area contributed by atoms with Crippen LogP contribution in [0.3, 0.4) is 0 Å². The van der Waals surface area contributed by atoms with E-state index in [2.05, 4.69) is 13.0 Å². The number of ether oxygens (including phenoxy) is 1.